The number of carboxylic acid groups (broad SMARTS) is 1. The van der Waals surface area contributed by atoms with Gasteiger partial charge in [-0.2, -0.15) is 13.2 Å². The standard InChI is InChI=1S/C23H20F4N4O5/c1-11(2)19(21(33)34)30-20(32)18-10-17(31-36-18)12-3-6-14(7-4-12)28-22(35)29-16-8-5-13(24)9-15(16)23(25,26)27/h3-11,19H,1-2H3,(H,30,32)(H,33,34)(H2,28,29,35)/t19-/m0/s1. The lowest BCUT2D eigenvalue weighted by atomic mass is 10.0. The predicted molar refractivity (Wildman–Crippen MR) is 120 cm³/mol. The summed E-state index contributed by atoms with van der Waals surface area (Å²) in [7, 11) is 0. The van der Waals surface area contributed by atoms with Crippen LogP contribution in [-0.2, 0) is 11.0 Å². The van der Waals surface area contributed by atoms with Gasteiger partial charge in [0.05, 0.1) is 11.3 Å². The largest absolute Gasteiger partial charge is 0.480 e. The Bertz CT molecular complexity index is 1270. The molecule has 3 rings (SSSR count). The van der Waals surface area contributed by atoms with Gasteiger partial charge in [0.25, 0.3) is 5.91 Å². The van der Waals surface area contributed by atoms with Gasteiger partial charge in [-0.25, -0.2) is 14.0 Å². The van der Waals surface area contributed by atoms with Gasteiger partial charge in [0.15, 0.2) is 0 Å². The summed E-state index contributed by atoms with van der Waals surface area (Å²) in [4.78, 5) is 35.7. The number of hydrogen-bond donors (Lipinski definition) is 4. The average molecular weight is 508 g/mol. The molecule has 36 heavy (non-hydrogen) atoms. The predicted octanol–water partition coefficient (Wildman–Crippen LogP) is 4.98. The number of hydrogen-bond acceptors (Lipinski definition) is 5. The molecule has 0 aliphatic rings. The molecule has 0 fully saturated rings. The van der Waals surface area contributed by atoms with Crippen molar-refractivity contribution < 1.29 is 41.6 Å². The monoisotopic (exact) mass is 508 g/mol. The average Bonchev–Trinajstić information content (AvgIpc) is 3.28. The Morgan fingerprint density at radius 2 is 1.67 bits per heavy atom. The first-order valence-corrected chi connectivity index (χ1v) is 10.4. The minimum atomic E-state index is -4.87. The topological polar surface area (TPSA) is 134 Å². The Labute approximate surface area is 201 Å². The number of alkyl halides is 3. The summed E-state index contributed by atoms with van der Waals surface area (Å²) in [6, 6.07) is 6.93. The summed E-state index contributed by atoms with van der Waals surface area (Å²) < 4.78 is 57.5. The smallest absolute Gasteiger partial charge is 0.418 e. The van der Waals surface area contributed by atoms with E-state index in [0.717, 1.165) is 12.1 Å². The van der Waals surface area contributed by atoms with Gasteiger partial charge in [-0.3, -0.25) is 4.79 Å². The maximum atomic E-state index is 13.2. The van der Waals surface area contributed by atoms with E-state index < -0.39 is 47.2 Å². The highest BCUT2D eigenvalue weighted by Crippen LogP contribution is 2.35. The molecule has 0 unspecified atom stereocenters. The van der Waals surface area contributed by atoms with Gasteiger partial charge < -0.3 is 25.6 Å². The van der Waals surface area contributed by atoms with Crippen molar-refractivity contribution >= 4 is 29.3 Å². The van der Waals surface area contributed by atoms with Gasteiger partial charge in [0.2, 0.25) is 5.76 Å². The van der Waals surface area contributed by atoms with Crippen molar-refractivity contribution in [3.05, 3.63) is 65.7 Å². The van der Waals surface area contributed by atoms with Crippen molar-refractivity contribution in [2.24, 2.45) is 5.92 Å². The molecule has 3 amide bonds. The van der Waals surface area contributed by atoms with Crippen molar-refractivity contribution in [2.45, 2.75) is 26.1 Å². The molecule has 3 aromatic rings. The number of carboxylic acids is 1. The van der Waals surface area contributed by atoms with Gasteiger partial charge in [0.1, 0.15) is 17.6 Å². The highest BCUT2D eigenvalue weighted by Gasteiger charge is 2.34. The first kappa shape index (κ1) is 26.2. The molecular formula is C23H20F4N4O5. The Morgan fingerprint density at radius 1 is 1.00 bits per heavy atom. The zero-order valence-electron chi connectivity index (χ0n) is 18.8. The van der Waals surface area contributed by atoms with E-state index in [1.165, 1.54) is 30.3 Å². The Balaban J connectivity index is 1.66. The van der Waals surface area contributed by atoms with E-state index in [-0.39, 0.29) is 29.1 Å². The van der Waals surface area contributed by atoms with Gasteiger partial charge in [0, 0.05) is 17.3 Å². The highest BCUT2D eigenvalue weighted by atomic mass is 19.4. The number of aromatic nitrogens is 1. The number of benzene rings is 2. The van der Waals surface area contributed by atoms with Gasteiger partial charge >= 0.3 is 18.2 Å². The molecule has 0 aliphatic carbocycles. The Morgan fingerprint density at radius 3 is 2.25 bits per heavy atom. The van der Waals surface area contributed by atoms with Gasteiger partial charge in [-0.05, 0) is 36.2 Å². The molecule has 0 radical (unpaired) electrons. The normalized spacial score (nSPS) is 12.2. The third-order valence-electron chi connectivity index (χ3n) is 4.93. The number of carbonyl (C=O) groups is 3. The molecule has 1 heterocycles. The number of anilines is 2. The van der Waals surface area contributed by atoms with Crippen molar-refractivity contribution in [3.63, 3.8) is 0 Å². The lowest BCUT2D eigenvalue weighted by molar-refractivity contribution is -0.140. The van der Waals surface area contributed by atoms with Crippen LogP contribution >= 0.6 is 0 Å². The van der Waals surface area contributed by atoms with E-state index in [2.05, 4.69) is 15.8 Å². The first-order valence-electron chi connectivity index (χ1n) is 10.4. The minimum absolute atomic E-state index is 0.210. The third-order valence-corrected chi connectivity index (χ3v) is 4.93. The van der Waals surface area contributed by atoms with Crippen molar-refractivity contribution in [2.75, 3.05) is 10.6 Å². The SMILES string of the molecule is CC(C)[C@H](NC(=O)c1cc(-c2ccc(NC(=O)Nc3ccc(F)cc3C(F)(F)F)cc2)no1)C(=O)O. The molecule has 0 saturated carbocycles. The fraction of sp³-hybridized carbons (Fsp3) is 0.217. The second-order valence-electron chi connectivity index (χ2n) is 7.95. The zero-order chi connectivity index (χ0) is 26.6. The lowest BCUT2D eigenvalue weighted by Gasteiger charge is -2.16. The summed E-state index contributed by atoms with van der Waals surface area (Å²) >= 11 is 0. The summed E-state index contributed by atoms with van der Waals surface area (Å²) in [5, 5.41) is 19.7. The summed E-state index contributed by atoms with van der Waals surface area (Å²) in [6.07, 6.45) is -4.87. The van der Waals surface area contributed by atoms with Crippen LogP contribution in [-0.4, -0.2) is 34.2 Å². The molecule has 190 valence electrons. The zero-order valence-corrected chi connectivity index (χ0v) is 18.8. The van der Waals surface area contributed by atoms with E-state index in [9.17, 15) is 37.1 Å². The molecule has 9 nitrogen and oxygen atoms in total. The number of aliphatic carboxylic acids is 1. The van der Waals surface area contributed by atoms with Crippen LogP contribution < -0.4 is 16.0 Å². The molecule has 0 aliphatic heterocycles. The second kappa shape index (κ2) is 10.5. The van der Waals surface area contributed by atoms with Crippen LogP contribution in [0, 0.1) is 11.7 Å². The number of urea groups is 1. The van der Waals surface area contributed by atoms with Crippen LogP contribution in [0.15, 0.2) is 53.1 Å². The van der Waals surface area contributed by atoms with Crippen molar-refractivity contribution in [1.82, 2.24) is 10.5 Å². The minimum Gasteiger partial charge on any atom is -0.480 e. The molecular weight excluding hydrogens is 488 g/mol. The van der Waals surface area contributed by atoms with E-state index in [1.54, 1.807) is 13.8 Å². The number of nitrogens with one attached hydrogen (secondary N) is 3. The summed E-state index contributed by atoms with van der Waals surface area (Å²) in [6.45, 7) is 3.27. The molecule has 2 aromatic carbocycles. The molecule has 1 atom stereocenters. The summed E-state index contributed by atoms with van der Waals surface area (Å²) in [5.74, 6) is -3.63. The quantitative estimate of drug-likeness (QED) is 0.333. The van der Waals surface area contributed by atoms with Crippen LogP contribution in [0.4, 0.5) is 33.7 Å². The van der Waals surface area contributed by atoms with Gasteiger partial charge in [-0.1, -0.05) is 31.1 Å². The van der Waals surface area contributed by atoms with Gasteiger partial charge in [-0.15, -0.1) is 0 Å². The van der Waals surface area contributed by atoms with Crippen LogP contribution in [0.1, 0.15) is 30.0 Å². The maximum absolute atomic E-state index is 13.2. The van der Waals surface area contributed by atoms with Crippen molar-refractivity contribution in [3.8, 4) is 11.3 Å². The van der Waals surface area contributed by atoms with Crippen LogP contribution in [0.5, 0.6) is 0 Å². The number of carbonyl (C=O) groups excluding carboxylic acids is 2. The van der Waals surface area contributed by atoms with Crippen LogP contribution in [0.25, 0.3) is 11.3 Å². The van der Waals surface area contributed by atoms with Crippen molar-refractivity contribution in [1.29, 1.82) is 0 Å². The fourth-order valence-corrected chi connectivity index (χ4v) is 3.11. The molecule has 4 N–H and O–H groups in total. The fourth-order valence-electron chi connectivity index (χ4n) is 3.11. The third kappa shape index (κ3) is 6.37. The number of nitrogens with zero attached hydrogens (tertiary/aromatic N) is 1. The Hall–Kier alpha value is -4.42. The van der Waals surface area contributed by atoms with Crippen LogP contribution in [0.3, 0.4) is 0 Å². The molecule has 1 aromatic heterocycles. The molecule has 13 heteroatoms. The first-order chi connectivity index (χ1) is 16.8. The molecule has 0 saturated heterocycles. The van der Waals surface area contributed by atoms with E-state index in [1.807, 2.05) is 5.32 Å². The van der Waals surface area contributed by atoms with E-state index >= 15 is 0 Å². The molecule has 0 spiro atoms. The summed E-state index contributed by atoms with van der Waals surface area (Å²) in [5.41, 5.74) is -1.01. The number of halogens is 4. The van der Waals surface area contributed by atoms with Crippen LogP contribution in [0.2, 0.25) is 0 Å². The van der Waals surface area contributed by atoms with E-state index in [0.29, 0.717) is 5.56 Å². The lowest BCUT2D eigenvalue weighted by Crippen LogP contribution is -2.44. The highest BCUT2D eigenvalue weighted by molar-refractivity contribution is 6.00. The molecule has 0 bridgehead atoms. The van der Waals surface area contributed by atoms with E-state index in [4.69, 9.17) is 4.52 Å². The maximum Gasteiger partial charge on any atom is 0.418 e. The Kier molecular flexibility index (Phi) is 7.61. The second-order valence-corrected chi connectivity index (χ2v) is 7.95. The number of rotatable bonds is 7. The number of amides is 3.